The van der Waals surface area contributed by atoms with Crippen LogP contribution in [0.15, 0.2) is 41.7 Å². The predicted molar refractivity (Wildman–Crippen MR) is 77.1 cm³/mol. The summed E-state index contributed by atoms with van der Waals surface area (Å²) in [5.41, 5.74) is 6.40. The fraction of sp³-hybridized carbons (Fsp3) is 0.214. The Balaban J connectivity index is 1.84. The third kappa shape index (κ3) is 2.22. The molecule has 0 bridgehead atoms. The van der Waals surface area contributed by atoms with E-state index >= 15 is 0 Å². The van der Waals surface area contributed by atoms with Crippen LogP contribution in [0.5, 0.6) is 0 Å². The second-order valence-electron chi connectivity index (χ2n) is 5.05. The zero-order valence-corrected chi connectivity index (χ0v) is 11.2. The summed E-state index contributed by atoms with van der Waals surface area (Å²) in [5.74, 6) is 0.103. The molecule has 1 fully saturated rings. The number of hydrogen-bond acceptors (Lipinski definition) is 4. The minimum Gasteiger partial charge on any atom is -0.409 e. The van der Waals surface area contributed by atoms with Gasteiger partial charge in [-0.3, -0.25) is 9.89 Å². The molecule has 1 aromatic heterocycles. The number of amidine groups is 1. The van der Waals surface area contributed by atoms with Crippen molar-refractivity contribution in [1.82, 2.24) is 10.2 Å². The van der Waals surface area contributed by atoms with E-state index in [1.165, 1.54) is 6.20 Å². The van der Waals surface area contributed by atoms with Gasteiger partial charge >= 0.3 is 0 Å². The van der Waals surface area contributed by atoms with Gasteiger partial charge in [-0.25, -0.2) is 0 Å². The normalized spacial score (nSPS) is 16.5. The molecule has 7 heteroatoms. The van der Waals surface area contributed by atoms with E-state index in [-0.39, 0.29) is 11.7 Å². The maximum absolute atomic E-state index is 12.6. The number of oxime groups is 1. The van der Waals surface area contributed by atoms with Crippen molar-refractivity contribution in [3.8, 4) is 0 Å². The first-order valence-corrected chi connectivity index (χ1v) is 6.55. The van der Waals surface area contributed by atoms with Gasteiger partial charge in [-0.15, -0.1) is 0 Å². The Bertz CT molecular complexity index is 688. The number of rotatable bonds is 4. The molecule has 5 N–H and O–H groups in total. The summed E-state index contributed by atoms with van der Waals surface area (Å²) in [6.07, 6.45) is 3.00. The van der Waals surface area contributed by atoms with Crippen LogP contribution < -0.4 is 11.1 Å². The van der Waals surface area contributed by atoms with E-state index in [0.29, 0.717) is 11.4 Å². The Kier molecular flexibility index (Phi) is 3.09. The molecule has 1 saturated carbocycles. The quantitative estimate of drug-likeness (QED) is 0.292. The molecule has 1 amide bonds. The lowest BCUT2D eigenvalue weighted by Gasteiger charge is -2.15. The Labute approximate surface area is 120 Å². The molecule has 0 unspecified atom stereocenters. The largest absolute Gasteiger partial charge is 0.409 e. The molecule has 0 spiro atoms. The molecule has 21 heavy (non-hydrogen) atoms. The molecule has 1 heterocycles. The predicted octanol–water partition coefficient (Wildman–Crippen LogP) is 1.17. The minimum atomic E-state index is -0.491. The van der Waals surface area contributed by atoms with Gasteiger partial charge in [0.2, 0.25) is 5.91 Å². The van der Waals surface area contributed by atoms with Crippen LogP contribution in [0.2, 0.25) is 0 Å². The molecular weight excluding hydrogens is 270 g/mol. The number of H-pyrrole nitrogens is 1. The number of nitrogens with one attached hydrogen (secondary N) is 2. The zero-order chi connectivity index (χ0) is 14.9. The highest BCUT2D eigenvalue weighted by Gasteiger charge is 2.51. The third-order valence-corrected chi connectivity index (χ3v) is 3.77. The van der Waals surface area contributed by atoms with E-state index in [0.717, 1.165) is 18.4 Å². The number of carbonyl (C=O) groups excluding carboxylic acids is 1. The maximum atomic E-state index is 12.6. The SMILES string of the molecule is NC(=NO)c1cn[nH]c1NC(=O)C1(c2ccccc2)CC1. The summed E-state index contributed by atoms with van der Waals surface area (Å²) in [5, 5.41) is 20.9. The molecule has 0 aliphatic heterocycles. The van der Waals surface area contributed by atoms with Gasteiger partial charge in [0.1, 0.15) is 5.82 Å². The molecule has 1 aliphatic carbocycles. The summed E-state index contributed by atoms with van der Waals surface area (Å²) >= 11 is 0. The molecule has 2 aromatic rings. The van der Waals surface area contributed by atoms with Gasteiger partial charge in [-0.1, -0.05) is 35.5 Å². The molecule has 1 aliphatic rings. The van der Waals surface area contributed by atoms with Crippen molar-refractivity contribution in [3.05, 3.63) is 47.7 Å². The minimum absolute atomic E-state index is 0.108. The van der Waals surface area contributed by atoms with Crippen LogP contribution in [-0.2, 0) is 10.2 Å². The zero-order valence-electron chi connectivity index (χ0n) is 11.2. The monoisotopic (exact) mass is 285 g/mol. The summed E-state index contributed by atoms with van der Waals surface area (Å²) < 4.78 is 0. The average Bonchev–Trinajstić information content (AvgIpc) is 3.22. The van der Waals surface area contributed by atoms with Gasteiger partial charge in [0.25, 0.3) is 0 Å². The molecule has 7 nitrogen and oxygen atoms in total. The van der Waals surface area contributed by atoms with Gasteiger partial charge in [-0.2, -0.15) is 5.10 Å². The Morgan fingerprint density at radius 1 is 1.38 bits per heavy atom. The fourth-order valence-corrected chi connectivity index (χ4v) is 2.39. The number of anilines is 1. The van der Waals surface area contributed by atoms with Crippen molar-refractivity contribution in [2.75, 3.05) is 5.32 Å². The molecule has 1 aromatic carbocycles. The van der Waals surface area contributed by atoms with E-state index in [1.807, 2.05) is 30.3 Å². The first-order valence-electron chi connectivity index (χ1n) is 6.55. The number of benzene rings is 1. The topological polar surface area (TPSA) is 116 Å². The third-order valence-electron chi connectivity index (χ3n) is 3.77. The maximum Gasteiger partial charge on any atom is 0.236 e. The van der Waals surface area contributed by atoms with Gasteiger partial charge < -0.3 is 16.3 Å². The number of aromatic amines is 1. The molecule has 0 saturated heterocycles. The highest BCUT2D eigenvalue weighted by Crippen LogP contribution is 2.48. The van der Waals surface area contributed by atoms with Crippen molar-refractivity contribution < 1.29 is 10.0 Å². The second-order valence-corrected chi connectivity index (χ2v) is 5.05. The number of hydrogen-bond donors (Lipinski definition) is 4. The summed E-state index contributed by atoms with van der Waals surface area (Å²) in [7, 11) is 0. The lowest BCUT2D eigenvalue weighted by molar-refractivity contribution is -0.118. The Morgan fingerprint density at radius 2 is 2.10 bits per heavy atom. The van der Waals surface area contributed by atoms with Crippen LogP contribution >= 0.6 is 0 Å². The van der Waals surface area contributed by atoms with Crippen LogP contribution in [0.1, 0.15) is 24.0 Å². The second kappa shape index (κ2) is 4.93. The van der Waals surface area contributed by atoms with Crippen molar-refractivity contribution in [2.45, 2.75) is 18.3 Å². The van der Waals surface area contributed by atoms with Crippen molar-refractivity contribution >= 4 is 17.6 Å². The summed E-state index contributed by atoms with van der Waals surface area (Å²) in [4.78, 5) is 12.6. The summed E-state index contributed by atoms with van der Waals surface area (Å²) in [6, 6.07) is 9.65. The fourth-order valence-electron chi connectivity index (χ4n) is 2.39. The molecule has 0 atom stereocenters. The van der Waals surface area contributed by atoms with Crippen molar-refractivity contribution in [2.24, 2.45) is 10.9 Å². The van der Waals surface area contributed by atoms with E-state index in [9.17, 15) is 4.79 Å². The molecular formula is C14H15N5O2. The van der Waals surface area contributed by atoms with Crippen LogP contribution in [0.3, 0.4) is 0 Å². The van der Waals surface area contributed by atoms with E-state index in [2.05, 4.69) is 20.7 Å². The van der Waals surface area contributed by atoms with Gasteiger partial charge in [0.05, 0.1) is 17.2 Å². The Morgan fingerprint density at radius 3 is 2.71 bits per heavy atom. The summed E-state index contributed by atoms with van der Waals surface area (Å²) in [6.45, 7) is 0. The standard InChI is InChI=1S/C14H15N5O2/c15-11(19-21)10-8-16-18-12(10)17-13(20)14(6-7-14)9-4-2-1-3-5-9/h1-5,8,21H,6-7H2,(H2,15,19)(H2,16,17,18,20). The van der Waals surface area contributed by atoms with E-state index in [4.69, 9.17) is 10.9 Å². The molecule has 3 rings (SSSR count). The molecule has 108 valence electrons. The number of nitrogens with zero attached hydrogens (tertiary/aromatic N) is 2. The highest BCUT2D eigenvalue weighted by atomic mass is 16.4. The van der Waals surface area contributed by atoms with Crippen LogP contribution in [-0.4, -0.2) is 27.1 Å². The lowest BCUT2D eigenvalue weighted by Crippen LogP contribution is -2.29. The van der Waals surface area contributed by atoms with E-state index in [1.54, 1.807) is 0 Å². The number of aromatic nitrogens is 2. The smallest absolute Gasteiger partial charge is 0.236 e. The van der Waals surface area contributed by atoms with Crippen LogP contribution in [0.4, 0.5) is 5.82 Å². The lowest BCUT2D eigenvalue weighted by atomic mass is 9.95. The van der Waals surface area contributed by atoms with Gasteiger partial charge in [0.15, 0.2) is 5.84 Å². The highest BCUT2D eigenvalue weighted by molar-refractivity contribution is 6.07. The van der Waals surface area contributed by atoms with Gasteiger partial charge in [-0.05, 0) is 18.4 Å². The number of carbonyl (C=O) groups is 1. The van der Waals surface area contributed by atoms with Crippen molar-refractivity contribution in [3.63, 3.8) is 0 Å². The Hall–Kier alpha value is -2.83. The number of nitrogens with two attached hydrogens (primary N) is 1. The average molecular weight is 285 g/mol. The van der Waals surface area contributed by atoms with Gasteiger partial charge in [0, 0.05) is 0 Å². The van der Waals surface area contributed by atoms with E-state index < -0.39 is 5.41 Å². The number of amides is 1. The first-order chi connectivity index (χ1) is 10.2. The van der Waals surface area contributed by atoms with Crippen LogP contribution in [0, 0.1) is 0 Å². The first kappa shape index (κ1) is 13.2. The van der Waals surface area contributed by atoms with Crippen LogP contribution in [0.25, 0.3) is 0 Å². The molecule has 0 radical (unpaired) electrons. The van der Waals surface area contributed by atoms with Crippen molar-refractivity contribution in [1.29, 1.82) is 0 Å².